The Bertz CT molecular complexity index is 395. The summed E-state index contributed by atoms with van der Waals surface area (Å²) >= 11 is 0. The van der Waals surface area contributed by atoms with Crippen molar-refractivity contribution in [1.82, 2.24) is 0 Å². The van der Waals surface area contributed by atoms with Gasteiger partial charge in [0.15, 0.2) is 17.5 Å². The van der Waals surface area contributed by atoms with E-state index in [-0.39, 0.29) is 0 Å². The van der Waals surface area contributed by atoms with Gasteiger partial charge >= 0.3 is 6.08 Å². The van der Waals surface area contributed by atoms with E-state index in [0.29, 0.717) is 12.1 Å². The molecule has 0 N–H and O–H groups in total. The molecule has 70 valence electrons. The van der Waals surface area contributed by atoms with Gasteiger partial charge in [0, 0.05) is 0 Å². The van der Waals surface area contributed by atoms with Crippen LogP contribution >= 0.6 is 0 Å². The minimum atomic E-state index is -2.74. The van der Waals surface area contributed by atoms with E-state index in [2.05, 4.69) is 0 Å². The molecule has 0 radical (unpaired) electrons. The molecule has 1 rings (SSSR count). The molecule has 0 aromatic heterocycles. The van der Waals surface area contributed by atoms with Gasteiger partial charge in [0.05, 0.1) is 6.93 Å². The van der Waals surface area contributed by atoms with Crippen molar-refractivity contribution in [3.63, 3.8) is 0 Å². The van der Waals surface area contributed by atoms with Gasteiger partial charge in [-0.15, -0.1) is 0 Å². The van der Waals surface area contributed by atoms with Gasteiger partial charge in [-0.1, -0.05) is 6.07 Å². The van der Waals surface area contributed by atoms with Gasteiger partial charge in [-0.2, -0.15) is 8.78 Å². The molecule has 0 saturated carbocycles. The van der Waals surface area contributed by atoms with Crippen LogP contribution in [-0.4, -0.2) is 0 Å². The summed E-state index contributed by atoms with van der Waals surface area (Å²) in [5, 5.41) is 0. The maximum Gasteiger partial charge on any atom is 0.306 e. The molecule has 5 heteroatoms. The van der Waals surface area contributed by atoms with Crippen molar-refractivity contribution in [2.45, 2.75) is 0 Å². The largest absolute Gasteiger partial charge is 0.306 e. The van der Waals surface area contributed by atoms with E-state index in [0.717, 1.165) is 0 Å². The van der Waals surface area contributed by atoms with Gasteiger partial charge in [-0.3, -0.25) is 0 Å². The van der Waals surface area contributed by atoms with Gasteiger partial charge < -0.3 is 0 Å². The monoisotopic (exact) mass is 195 g/mol. The van der Waals surface area contributed by atoms with E-state index in [1.807, 2.05) is 0 Å². The molecule has 0 aliphatic heterocycles. The number of hydrogen-bond donors (Lipinski definition) is 0. The van der Waals surface area contributed by atoms with Crippen molar-refractivity contribution in [3.8, 4) is 0 Å². The first-order valence-corrected chi connectivity index (χ1v) is 3.11. The van der Waals surface area contributed by atoms with Crippen LogP contribution in [0.15, 0.2) is 24.3 Å². The van der Waals surface area contributed by atoms with Gasteiger partial charge in [0.2, 0.25) is 0 Å². The van der Waals surface area contributed by atoms with E-state index in [1.165, 1.54) is 0 Å². The third kappa shape index (κ3) is 1.85. The molecular weight excluding hydrogens is 191 g/mol. The minimum absolute atomic E-state index is 0.579. The van der Waals surface area contributed by atoms with Gasteiger partial charge in [0.1, 0.15) is 0 Å². The third-order valence-electron chi connectivity index (χ3n) is 1.29. The molecule has 0 fully saturated rings. The van der Waals surface area contributed by atoms with Gasteiger partial charge in [-0.05, 0) is 12.1 Å². The Morgan fingerprint density at radius 1 is 1.23 bits per heavy atom. The highest BCUT2D eigenvalue weighted by molar-refractivity contribution is 5.60. The molecule has 0 aliphatic rings. The van der Waals surface area contributed by atoms with Gasteiger partial charge in [0.25, 0.3) is 0 Å². The molecule has 1 aromatic carbocycles. The van der Waals surface area contributed by atoms with Crippen LogP contribution in [0.2, 0.25) is 0 Å². The highest BCUT2D eigenvalue weighted by Gasteiger charge is 2.15. The van der Waals surface area contributed by atoms with Crippen LogP contribution in [0.5, 0.6) is 0 Å². The lowest BCUT2D eigenvalue weighted by Gasteiger charge is -1.99. The minimum Gasteiger partial charge on any atom is -0.204 e. The lowest BCUT2D eigenvalue weighted by molar-refractivity contribution is 0.408. The van der Waals surface area contributed by atoms with Crippen LogP contribution < -0.4 is 0 Å². The SMILES string of the molecule is [2H]c1ccc(C(F)=C(F)F)c(F)c1F. The normalized spacial score (nSPS) is 11.0. The lowest BCUT2D eigenvalue weighted by Crippen LogP contribution is -1.90. The number of rotatable bonds is 1. The second-order valence-electron chi connectivity index (χ2n) is 2.09. The molecule has 0 spiro atoms. The van der Waals surface area contributed by atoms with Crippen molar-refractivity contribution in [2.24, 2.45) is 0 Å². The quantitative estimate of drug-likeness (QED) is 0.601. The van der Waals surface area contributed by atoms with Crippen molar-refractivity contribution < 1.29 is 23.3 Å². The van der Waals surface area contributed by atoms with Crippen LogP contribution in [0.25, 0.3) is 5.83 Å². The Morgan fingerprint density at radius 2 is 1.85 bits per heavy atom. The van der Waals surface area contributed by atoms with E-state index >= 15 is 0 Å². The molecule has 0 atom stereocenters. The fraction of sp³-hybridized carbons (Fsp3) is 0. The van der Waals surface area contributed by atoms with Crippen molar-refractivity contribution in [3.05, 3.63) is 41.5 Å². The maximum atomic E-state index is 12.8. The highest BCUT2D eigenvalue weighted by Crippen LogP contribution is 2.25. The van der Waals surface area contributed by atoms with E-state index < -0.39 is 35.1 Å². The molecular formula is C8H3F5. The summed E-state index contributed by atoms with van der Waals surface area (Å²) in [5.74, 6) is -5.57. The molecule has 13 heavy (non-hydrogen) atoms. The van der Waals surface area contributed by atoms with Crippen LogP contribution in [0.1, 0.15) is 6.93 Å². The van der Waals surface area contributed by atoms with E-state index in [4.69, 9.17) is 1.37 Å². The average Bonchev–Trinajstić information content (AvgIpc) is 2.13. The summed E-state index contributed by atoms with van der Waals surface area (Å²) in [6.07, 6.45) is -2.74. The topological polar surface area (TPSA) is 0 Å². The number of halogens is 5. The number of benzene rings is 1. The van der Waals surface area contributed by atoms with Crippen molar-refractivity contribution in [1.29, 1.82) is 0 Å². The fourth-order valence-electron chi connectivity index (χ4n) is 0.724. The zero-order valence-electron chi connectivity index (χ0n) is 7.04. The Kier molecular flexibility index (Phi) is 2.25. The van der Waals surface area contributed by atoms with E-state index in [9.17, 15) is 22.0 Å². The zero-order valence-corrected chi connectivity index (χ0v) is 6.04. The van der Waals surface area contributed by atoms with Gasteiger partial charge in [-0.25, -0.2) is 13.2 Å². The molecule has 0 saturated heterocycles. The zero-order chi connectivity index (χ0) is 10.9. The van der Waals surface area contributed by atoms with Crippen molar-refractivity contribution in [2.75, 3.05) is 0 Å². The Hall–Kier alpha value is -1.39. The van der Waals surface area contributed by atoms with Crippen LogP contribution in [0.3, 0.4) is 0 Å². The smallest absolute Gasteiger partial charge is 0.204 e. The molecule has 0 bridgehead atoms. The molecule has 0 nitrogen and oxygen atoms in total. The predicted octanol–water partition coefficient (Wildman–Crippen LogP) is 3.50. The lowest BCUT2D eigenvalue weighted by atomic mass is 10.2. The maximum absolute atomic E-state index is 12.8. The molecule has 0 heterocycles. The third-order valence-corrected chi connectivity index (χ3v) is 1.29. The Morgan fingerprint density at radius 3 is 2.38 bits per heavy atom. The second-order valence-corrected chi connectivity index (χ2v) is 2.09. The summed E-state index contributed by atoms with van der Waals surface area (Å²) in [6.45, 7) is 0. The summed E-state index contributed by atoms with van der Waals surface area (Å²) in [5.41, 5.74) is -1.18. The number of hydrogen-bond acceptors (Lipinski definition) is 0. The standard InChI is InChI=1S/C8H3F5/c9-5-3-1-2-4(6(5)10)7(11)8(12)13/h1-3H/i3D. The summed E-state index contributed by atoms with van der Waals surface area (Å²) in [7, 11) is 0. The summed E-state index contributed by atoms with van der Waals surface area (Å²) < 4.78 is 68.0. The first-order valence-electron chi connectivity index (χ1n) is 3.61. The summed E-state index contributed by atoms with van der Waals surface area (Å²) in [6, 6.07) is 0.448. The molecule has 1 aromatic rings. The fourth-order valence-corrected chi connectivity index (χ4v) is 0.724. The molecule has 0 aliphatic carbocycles. The Labute approximate surface area is 71.7 Å². The van der Waals surface area contributed by atoms with Crippen LogP contribution in [0, 0.1) is 11.6 Å². The van der Waals surface area contributed by atoms with Crippen molar-refractivity contribution >= 4 is 5.83 Å². The predicted molar refractivity (Wildman–Crippen MR) is 36.6 cm³/mol. The first kappa shape index (κ1) is 8.22. The molecule has 0 unspecified atom stereocenters. The Balaban J connectivity index is 3.39. The summed E-state index contributed by atoms with van der Waals surface area (Å²) in [4.78, 5) is 0. The highest BCUT2D eigenvalue weighted by atomic mass is 19.3. The first-order chi connectivity index (χ1) is 6.45. The average molecular weight is 195 g/mol. The second kappa shape index (κ2) is 3.55. The molecule has 0 amide bonds. The van der Waals surface area contributed by atoms with Crippen LogP contribution in [-0.2, 0) is 0 Å². The van der Waals surface area contributed by atoms with Crippen LogP contribution in [0.4, 0.5) is 22.0 Å². The van der Waals surface area contributed by atoms with E-state index in [1.54, 1.807) is 0 Å².